The molecule has 0 aliphatic rings. The molecule has 2 aromatic rings. The lowest BCUT2D eigenvalue weighted by Crippen LogP contribution is -2.42. The van der Waals surface area contributed by atoms with E-state index in [0.717, 1.165) is 23.2 Å². The van der Waals surface area contributed by atoms with Gasteiger partial charge in [0.1, 0.15) is 0 Å². The molecule has 0 radical (unpaired) electrons. The summed E-state index contributed by atoms with van der Waals surface area (Å²) in [7, 11) is 0. The number of hydrogen-bond acceptors (Lipinski definition) is 3. The van der Waals surface area contributed by atoms with Crippen molar-refractivity contribution >= 4 is 0 Å². The van der Waals surface area contributed by atoms with Gasteiger partial charge in [0.05, 0.1) is 11.2 Å². The van der Waals surface area contributed by atoms with Crippen LogP contribution < -0.4 is 0 Å². The first-order chi connectivity index (χ1) is 11.5. The standard InChI is InChI=1S/C21H26N2O.H2/c1-5-10-17(6-2)16-23(24)21(3,4)20-15-19(13-14-22-20)18-11-8-7-9-12-18;/h5-9,11-15,17,24H,1-2,10,16H2,3-4H3;1H. The number of allylic oxidation sites excluding steroid dienone is 1. The first-order valence-electron chi connectivity index (χ1n) is 8.21. The van der Waals surface area contributed by atoms with Gasteiger partial charge in [-0.05, 0) is 49.4 Å². The van der Waals surface area contributed by atoms with Crippen molar-refractivity contribution in [3.8, 4) is 11.1 Å². The Morgan fingerprint density at radius 1 is 1.21 bits per heavy atom. The fraction of sp³-hybridized carbons (Fsp3) is 0.286. The molecule has 1 aromatic carbocycles. The molecule has 0 aliphatic carbocycles. The topological polar surface area (TPSA) is 36.4 Å². The second kappa shape index (κ2) is 8.04. The van der Waals surface area contributed by atoms with Crippen molar-refractivity contribution in [3.63, 3.8) is 0 Å². The van der Waals surface area contributed by atoms with Gasteiger partial charge in [-0.15, -0.1) is 13.2 Å². The van der Waals surface area contributed by atoms with Crippen molar-refractivity contribution in [2.75, 3.05) is 6.54 Å². The molecule has 1 unspecified atom stereocenters. The number of benzene rings is 1. The van der Waals surface area contributed by atoms with Gasteiger partial charge >= 0.3 is 0 Å². The van der Waals surface area contributed by atoms with Gasteiger partial charge in [-0.3, -0.25) is 4.98 Å². The van der Waals surface area contributed by atoms with Gasteiger partial charge in [-0.2, -0.15) is 5.06 Å². The highest BCUT2D eigenvalue weighted by Crippen LogP contribution is 2.29. The van der Waals surface area contributed by atoms with Crippen molar-refractivity contribution in [2.45, 2.75) is 25.8 Å². The number of nitrogens with zero attached hydrogens (tertiary/aromatic N) is 2. The Kier molecular flexibility index (Phi) is 6.07. The lowest BCUT2D eigenvalue weighted by molar-refractivity contribution is -0.172. The van der Waals surface area contributed by atoms with Crippen molar-refractivity contribution in [2.24, 2.45) is 5.92 Å². The highest BCUT2D eigenvalue weighted by Gasteiger charge is 2.30. The van der Waals surface area contributed by atoms with Gasteiger partial charge in [-0.1, -0.05) is 42.5 Å². The van der Waals surface area contributed by atoms with Gasteiger partial charge in [-0.25, -0.2) is 0 Å². The van der Waals surface area contributed by atoms with E-state index >= 15 is 0 Å². The van der Waals surface area contributed by atoms with Crippen LogP contribution in [0.4, 0.5) is 0 Å². The number of hydroxylamine groups is 2. The summed E-state index contributed by atoms with van der Waals surface area (Å²) in [5.41, 5.74) is 2.45. The predicted octanol–water partition coefficient (Wildman–Crippen LogP) is 5.30. The third-order valence-corrected chi connectivity index (χ3v) is 4.35. The average molecular weight is 324 g/mol. The lowest BCUT2D eigenvalue weighted by atomic mass is 9.94. The van der Waals surface area contributed by atoms with Crippen LogP contribution in [-0.4, -0.2) is 21.8 Å². The molecule has 1 N–H and O–H groups in total. The van der Waals surface area contributed by atoms with Crippen LogP contribution in [0.2, 0.25) is 0 Å². The van der Waals surface area contributed by atoms with Crippen molar-refractivity contribution in [1.29, 1.82) is 0 Å². The van der Waals surface area contributed by atoms with E-state index in [1.807, 2.05) is 56.3 Å². The number of hydrogen-bond donors (Lipinski definition) is 1. The van der Waals surface area contributed by atoms with E-state index in [1.165, 1.54) is 5.06 Å². The molecule has 24 heavy (non-hydrogen) atoms. The Hall–Kier alpha value is -2.23. The summed E-state index contributed by atoms with van der Waals surface area (Å²) in [6.07, 6.45) is 6.28. The normalized spacial score (nSPS) is 12.8. The minimum atomic E-state index is -0.604. The first-order valence-corrected chi connectivity index (χ1v) is 8.21. The van der Waals surface area contributed by atoms with Gasteiger partial charge in [0.15, 0.2) is 0 Å². The van der Waals surface area contributed by atoms with Crippen molar-refractivity contribution < 1.29 is 6.63 Å². The Balaban J connectivity index is 0.00000312. The summed E-state index contributed by atoms with van der Waals surface area (Å²) >= 11 is 0. The van der Waals surface area contributed by atoms with Crippen LogP contribution >= 0.6 is 0 Å². The fourth-order valence-corrected chi connectivity index (χ4v) is 2.62. The van der Waals surface area contributed by atoms with Crippen LogP contribution in [0, 0.1) is 5.92 Å². The summed E-state index contributed by atoms with van der Waals surface area (Å²) in [6, 6.07) is 14.2. The number of rotatable bonds is 8. The minimum absolute atomic E-state index is 0. The Labute approximate surface area is 146 Å². The van der Waals surface area contributed by atoms with Crippen LogP contribution in [0.25, 0.3) is 11.1 Å². The minimum Gasteiger partial charge on any atom is -0.313 e. The quantitative estimate of drug-likeness (QED) is 0.529. The van der Waals surface area contributed by atoms with E-state index in [2.05, 4.69) is 30.3 Å². The molecular formula is C21H28N2O. The van der Waals surface area contributed by atoms with Gasteiger partial charge < -0.3 is 5.21 Å². The summed E-state index contributed by atoms with van der Waals surface area (Å²) < 4.78 is 0. The highest BCUT2D eigenvalue weighted by molar-refractivity contribution is 5.63. The molecule has 0 aliphatic heterocycles. The average Bonchev–Trinajstić information content (AvgIpc) is 2.62. The molecule has 0 saturated carbocycles. The third kappa shape index (κ3) is 4.19. The Bertz CT molecular complexity index is 685. The molecule has 1 atom stereocenters. The van der Waals surface area contributed by atoms with E-state index in [0.29, 0.717) is 6.54 Å². The van der Waals surface area contributed by atoms with Gasteiger partial charge in [0.25, 0.3) is 0 Å². The zero-order chi connectivity index (χ0) is 17.6. The van der Waals surface area contributed by atoms with Crippen LogP contribution in [-0.2, 0) is 5.54 Å². The second-order valence-electron chi connectivity index (χ2n) is 6.46. The first kappa shape index (κ1) is 18.1. The molecule has 3 nitrogen and oxygen atoms in total. The largest absolute Gasteiger partial charge is 0.313 e. The smallest absolute Gasteiger partial charge is 0.0823 e. The lowest BCUT2D eigenvalue weighted by Gasteiger charge is -2.34. The van der Waals surface area contributed by atoms with Crippen molar-refractivity contribution in [1.82, 2.24) is 10.0 Å². The van der Waals surface area contributed by atoms with Crippen LogP contribution in [0.3, 0.4) is 0 Å². The molecule has 0 bridgehead atoms. The van der Waals surface area contributed by atoms with Crippen LogP contribution in [0.15, 0.2) is 74.0 Å². The molecule has 1 aromatic heterocycles. The summed E-state index contributed by atoms with van der Waals surface area (Å²) in [5, 5.41) is 12.0. The van der Waals surface area contributed by atoms with E-state index in [9.17, 15) is 5.21 Å². The molecule has 0 spiro atoms. The molecule has 0 fully saturated rings. The summed E-state index contributed by atoms with van der Waals surface area (Å²) in [6.45, 7) is 12.0. The number of pyridine rings is 1. The maximum atomic E-state index is 10.6. The maximum absolute atomic E-state index is 10.6. The van der Waals surface area contributed by atoms with E-state index in [1.54, 1.807) is 6.20 Å². The van der Waals surface area contributed by atoms with Crippen molar-refractivity contribution in [3.05, 3.63) is 79.7 Å². The second-order valence-corrected chi connectivity index (χ2v) is 6.46. The van der Waals surface area contributed by atoms with E-state index in [-0.39, 0.29) is 7.34 Å². The zero-order valence-corrected chi connectivity index (χ0v) is 14.5. The van der Waals surface area contributed by atoms with E-state index < -0.39 is 5.54 Å². The summed E-state index contributed by atoms with van der Waals surface area (Å²) in [4.78, 5) is 4.49. The molecule has 2 rings (SSSR count). The Morgan fingerprint density at radius 2 is 1.92 bits per heavy atom. The molecule has 0 amide bonds. The van der Waals surface area contributed by atoms with E-state index in [4.69, 9.17) is 0 Å². The van der Waals surface area contributed by atoms with Crippen LogP contribution in [0.1, 0.15) is 27.4 Å². The monoisotopic (exact) mass is 324 g/mol. The number of aromatic nitrogens is 1. The molecule has 1 heterocycles. The molecule has 128 valence electrons. The molecular weight excluding hydrogens is 296 g/mol. The van der Waals surface area contributed by atoms with Crippen LogP contribution in [0.5, 0.6) is 0 Å². The predicted molar refractivity (Wildman–Crippen MR) is 102 cm³/mol. The molecule has 3 heteroatoms. The maximum Gasteiger partial charge on any atom is 0.0823 e. The highest BCUT2D eigenvalue weighted by atomic mass is 16.5. The zero-order valence-electron chi connectivity index (χ0n) is 14.5. The van der Waals surface area contributed by atoms with Gasteiger partial charge in [0.2, 0.25) is 0 Å². The SMILES string of the molecule is C=CCC(C=C)CN(O)C(C)(C)c1cc(-c2ccccc2)ccn1.[HH]. The fourth-order valence-electron chi connectivity index (χ4n) is 2.62. The third-order valence-electron chi connectivity index (χ3n) is 4.35. The Morgan fingerprint density at radius 3 is 2.54 bits per heavy atom. The molecule has 0 saturated heterocycles. The summed E-state index contributed by atoms with van der Waals surface area (Å²) in [5.74, 6) is 0.157. The van der Waals surface area contributed by atoms with Gasteiger partial charge in [0, 0.05) is 14.2 Å².